The first-order chi connectivity index (χ1) is 23.4. The zero-order valence-electron chi connectivity index (χ0n) is 30.3. The molecule has 0 spiro atoms. The number of carbonyl (C=O) groups is 6. The lowest BCUT2D eigenvalue weighted by atomic mass is 9.82. The Labute approximate surface area is 344 Å². The molecular formula is C40H73N7O6S2. The fourth-order valence-electron chi connectivity index (χ4n) is 7.87. The number of amides is 5. The van der Waals surface area contributed by atoms with Crippen LogP contribution in [0, 0.1) is 23.2 Å². The van der Waals surface area contributed by atoms with E-state index in [0.29, 0.717) is 19.4 Å². The standard InChI is InChI=1S/C36H53N7O6.4CH4.2H2S/c1-5-10-25(29(44)34(48)39-23-15-16-23)40-33(47)28-24-14-9-13-22(24)20-43(28)35(49)30(36(2,3)4)42-32(46)27(21-11-7-6-8-12-21)41-31(45)26-19-37-17-18-38-26;;;;;;/h17-19,21-25,27-28,30H,5-16,20H2,1-4H3,(H,39,48)(H,40,47)(H,41,45)(H,42,46);4*1H4;2*1H2/t22-,24-,25+,27-,28-,30-;;;;;;/m1....../s1. The molecule has 0 bridgehead atoms. The lowest BCUT2D eigenvalue weighted by Crippen LogP contribution is -2.62. The van der Waals surface area contributed by atoms with Gasteiger partial charge in [-0.3, -0.25) is 33.8 Å². The normalized spacial score (nSPS) is 21.6. The molecule has 55 heavy (non-hydrogen) atoms. The van der Waals surface area contributed by atoms with E-state index in [-0.39, 0.29) is 92.1 Å². The number of hydrogen-bond donors (Lipinski definition) is 4. The van der Waals surface area contributed by atoms with Gasteiger partial charge in [0.1, 0.15) is 23.8 Å². The average molecular weight is 812 g/mol. The van der Waals surface area contributed by atoms with Crippen LogP contribution in [0.2, 0.25) is 0 Å². The van der Waals surface area contributed by atoms with Gasteiger partial charge in [-0.2, -0.15) is 27.0 Å². The van der Waals surface area contributed by atoms with Crippen molar-refractivity contribution in [3.63, 3.8) is 0 Å². The molecule has 3 aliphatic carbocycles. The second-order valence-corrected chi connectivity index (χ2v) is 15.5. The van der Waals surface area contributed by atoms with Crippen LogP contribution < -0.4 is 21.3 Å². The summed E-state index contributed by atoms with van der Waals surface area (Å²) in [5.41, 5.74) is -0.638. The van der Waals surface area contributed by atoms with Crippen molar-refractivity contribution in [3.05, 3.63) is 24.3 Å². The summed E-state index contributed by atoms with van der Waals surface area (Å²) < 4.78 is 0. The van der Waals surface area contributed by atoms with Gasteiger partial charge in [0.15, 0.2) is 0 Å². The number of rotatable bonds is 13. The van der Waals surface area contributed by atoms with Gasteiger partial charge in [0.2, 0.25) is 23.5 Å². The molecule has 2 heterocycles. The zero-order valence-corrected chi connectivity index (χ0v) is 32.3. The van der Waals surface area contributed by atoms with Crippen molar-refractivity contribution in [2.75, 3.05) is 6.54 Å². The van der Waals surface area contributed by atoms with E-state index in [1.165, 1.54) is 18.6 Å². The Hall–Kier alpha value is -3.20. The molecule has 1 aliphatic heterocycles. The third-order valence-electron chi connectivity index (χ3n) is 10.7. The van der Waals surface area contributed by atoms with E-state index in [4.69, 9.17) is 0 Å². The number of hydrogen-bond acceptors (Lipinski definition) is 8. The Morgan fingerprint density at radius 3 is 2.05 bits per heavy atom. The van der Waals surface area contributed by atoms with Crippen LogP contribution in [0.15, 0.2) is 18.6 Å². The average Bonchev–Trinajstić information content (AvgIpc) is 3.65. The summed E-state index contributed by atoms with van der Waals surface area (Å²) in [5.74, 6) is -3.20. The first-order valence-corrected chi connectivity index (χ1v) is 18.2. The lowest BCUT2D eigenvalue weighted by molar-refractivity contribution is -0.146. The second-order valence-electron chi connectivity index (χ2n) is 15.5. The maximum absolute atomic E-state index is 14.6. The molecule has 6 atom stereocenters. The summed E-state index contributed by atoms with van der Waals surface area (Å²) in [6.45, 7) is 7.85. The third-order valence-corrected chi connectivity index (χ3v) is 10.7. The van der Waals surface area contributed by atoms with Crippen molar-refractivity contribution in [1.82, 2.24) is 36.1 Å². The van der Waals surface area contributed by atoms with E-state index in [2.05, 4.69) is 31.2 Å². The van der Waals surface area contributed by atoms with Gasteiger partial charge in [0.05, 0.1) is 12.2 Å². The van der Waals surface area contributed by atoms with Gasteiger partial charge in [0, 0.05) is 25.0 Å². The summed E-state index contributed by atoms with van der Waals surface area (Å²) in [6, 6.07) is -3.68. The Kier molecular flexibility index (Phi) is 23.3. The van der Waals surface area contributed by atoms with Crippen LogP contribution in [-0.2, 0) is 24.0 Å². The maximum Gasteiger partial charge on any atom is 0.289 e. The highest BCUT2D eigenvalue weighted by Crippen LogP contribution is 2.43. The van der Waals surface area contributed by atoms with E-state index in [0.717, 1.165) is 64.2 Å². The van der Waals surface area contributed by atoms with E-state index >= 15 is 0 Å². The fraction of sp³-hybridized carbons (Fsp3) is 0.750. The molecule has 316 valence electrons. The number of fused-ring (bicyclic) bond motifs is 1. The predicted octanol–water partition coefficient (Wildman–Crippen LogP) is 5.22. The van der Waals surface area contributed by atoms with Gasteiger partial charge in [-0.25, -0.2) is 4.98 Å². The number of nitrogens with zero attached hydrogens (tertiary/aromatic N) is 3. The molecule has 1 aromatic rings. The van der Waals surface area contributed by atoms with Crippen molar-refractivity contribution >= 4 is 62.3 Å². The van der Waals surface area contributed by atoms with E-state index in [1.807, 2.05) is 27.7 Å². The predicted molar refractivity (Wildman–Crippen MR) is 228 cm³/mol. The van der Waals surface area contributed by atoms with Gasteiger partial charge in [-0.1, -0.05) is 89.5 Å². The molecular weight excluding hydrogens is 739 g/mol. The van der Waals surface area contributed by atoms with Crippen molar-refractivity contribution in [2.24, 2.45) is 23.2 Å². The largest absolute Gasteiger partial charge is 0.347 e. The van der Waals surface area contributed by atoms with E-state index in [9.17, 15) is 28.8 Å². The minimum Gasteiger partial charge on any atom is -0.347 e. The fourth-order valence-corrected chi connectivity index (χ4v) is 7.87. The SMILES string of the molecule is C.C.C.C.CCC[C@H](NC(=O)[C@H]1[C@@H]2CCC[C@@H]2CN1C(=O)[C@@H](NC(=O)[C@H](NC(=O)c1cnccn1)C1CCCCC1)C(C)(C)C)C(=O)C(=O)NC1CC1.S.S. The van der Waals surface area contributed by atoms with Crippen LogP contribution in [0.4, 0.5) is 0 Å². The molecule has 5 rings (SSSR count). The van der Waals surface area contributed by atoms with Crippen LogP contribution in [-0.4, -0.2) is 86.9 Å². The van der Waals surface area contributed by atoms with E-state index < -0.39 is 59.0 Å². The first kappa shape index (κ1) is 53.9. The summed E-state index contributed by atoms with van der Waals surface area (Å²) in [4.78, 5) is 91.4. The summed E-state index contributed by atoms with van der Waals surface area (Å²) in [6.07, 6.45) is 13.9. The molecule has 4 N–H and O–H groups in total. The molecule has 0 aromatic carbocycles. The highest BCUT2D eigenvalue weighted by molar-refractivity contribution is 7.59. The molecule has 1 aromatic heterocycles. The topological polar surface area (TPSA) is 180 Å². The molecule has 4 aliphatic rings. The van der Waals surface area contributed by atoms with Crippen LogP contribution >= 0.6 is 27.0 Å². The Balaban J connectivity index is 0. The number of nitrogens with one attached hydrogen (secondary N) is 4. The third kappa shape index (κ3) is 13.5. The van der Waals surface area contributed by atoms with Crippen LogP contribution in [0.3, 0.4) is 0 Å². The summed E-state index contributed by atoms with van der Waals surface area (Å²) in [5, 5.41) is 11.5. The minimum absolute atomic E-state index is 0. The zero-order chi connectivity index (χ0) is 35.3. The minimum atomic E-state index is -0.994. The molecule has 1 saturated heterocycles. The smallest absolute Gasteiger partial charge is 0.289 e. The molecule has 13 nitrogen and oxygen atoms in total. The molecule has 15 heteroatoms. The highest BCUT2D eigenvalue weighted by Gasteiger charge is 2.52. The van der Waals surface area contributed by atoms with E-state index in [1.54, 1.807) is 4.90 Å². The molecule has 4 fully saturated rings. The molecule has 3 saturated carbocycles. The van der Waals surface area contributed by atoms with Gasteiger partial charge < -0.3 is 26.2 Å². The number of aromatic nitrogens is 2. The van der Waals surface area contributed by atoms with Gasteiger partial charge in [-0.05, 0) is 68.1 Å². The highest BCUT2D eigenvalue weighted by atomic mass is 32.1. The molecule has 0 radical (unpaired) electrons. The van der Waals surface area contributed by atoms with Crippen molar-refractivity contribution in [2.45, 2.75) is 165 Å². The Morgan fingerprint density at radius 2 is 1.49 bits per heavy atom. The van der Waals surface area contributed by atoms with Gasteiger partial charge in [-0.15, -0.1) is 0 Å². The first-order valence-electron chi connectivity index (χ1n) is 18.2. The summed E-state index contributed by atoms with van der Waals surface area (Å²) in [7, 11) is 0. The van der Waals surface area contributed by atoms with Crippen LogP contribution in [0.1, 0.15) is 145 Å². The van der Waals surface area contributed by atoms with Gasteiger partial charge >= 0.3 is 0 Å². The lowest BCUT2D eigenvalue weighted by Gasteiger charge is -2.38. The van der Waals surface area contributed by atoms with Crippen molar-refractivity contribution in [3.8, 4) is 0 Å². The van der Waals surface area contributed by atoms with Gasteiger partial charge in [0.25, 0.3) is 11.8 Å². The Bertz CT molecular complexity index is 1400. The summed E-state index contributed by atoms with van der Waals surface area (Å²) >= 11 is 0. The van der Waals surface area contributed by atoms with Crippen LogP contribution in [0.25, 0.3) is 0 Å². The Morgan fingerprint density at radius 1 is 0.836 bits per heavy atom. The van der Waals surface area contributed by atoms with Crippen LogP contribution in [0.5, 0.6) is 0 Å². The maximum atomic E-state index is 14.6. The molecule has 0 unspecified atom stereocenters. The number of likely N-dealkylation sites (tertiary alicyclic amines) is 1. The number of carbonyl (C=O) groups excluding carboxylic acids is 6. The number of Topliss-reactive ketones (excluding diaryl/α,β-unsaturated/α-hetero) is 1. The van der Waals surface area contributed by atoms with Crippen molar-refractivity contribution in [1.29, 1.82) is 0 Å². The molecule has 5 amide bonds. The number of ketones is 1. The quantitative estimate of drug-likeness (QED) is 0.196. The van der Waals surface area contributed by atoms with Crippen molar-refractivity contribution < 1.29 is 28.8 Å². The second kappa shape index (κ2) is 23.8. The monoisotopic (exact) mass is 812 g/mol.